The number of anilines is 1. The maximum atomic E-state index is 14.0. The Kier molecular flexibility index (Phi) is 7.35. The van der Waals surface area contributed by atoms with Crippen LogP contribution in [0, 0.1) is 11.2 Å². The number of piperidine rings is 1. The van der Waals surface area contributed by atoms with Crippen molar-refractivity contribution < 1.29 is 27.1 Å². The Hall–Kier alpha value is -2.99. The van der Waals surface area contributed by atoms with Crippen molar-refractivity contribution in [2.75, 3.05) is 24.4 Å². The van der Waals surface area contributed by atoms with E-state index in [0.717, 1.165) is 25.5 Å². The molecule has 2 saturated heterocycles. The molecule has 2 aromatic rings. The number of aromatic nitrogens is 2. The molecule has 1 atom stereocenters. The molecule has 0 aliphatic carbocycles. The Morgan fingerprint density at radius 2 is 1.95 bits per heavy atom. The van der Waals surface area contributed by atoms with E-state index in [0.29, 0.717) is 24.5 Å². The lowest BCUT2D eigenvalue weighted by Gasteiger charge is -2.54. The number of carbonyl (C=O) groups is 1. The number of sulfonamides is 1. The molecule has 2 N–H and O–H groups in total. The molecule has 0 saturated carbocycles. The van der Waals surface area contributed by atoms with Crippen LogP contribution in [-0.2, 0) is 14.8 Å². The highest BCUT2D eigenvalue weighted by Gasteiger charge is 2.51. The van der Waals surface area contributed by atoms with Gasteiger partial charge in [-0.05, 0) is 59.6 Å². The predicted molar refractivity (Wildman–Crippen MR) is 136 cm³/mol. The maximum absolute atomic E-state index is 14.0. The molecule has 1 unspecified atom stereocenters. The van der Waals surface area contributed by atoms with Crippen molar-refractivity contribution in [1.29, 1.82) is 0 Å². The van der Waals surface area contributed by atoms with Gasteiger partial charge in [-0.2, -0.15) is 0 Å². The summed E-state index contributed by atoms with van der Waals surface area (Å²) in [5.74, 6) is -0.130. The summed E-state index contributed by atoms with van der Waals surface area (Å²) in [6.45, 7) is 10.5. The van der Waals surface area contributed by atoms with Crippen molar-refractivity contribution in [2.45, 2.75) is 64.4 Å². The smallest absolute Gasteiger partial charge is 0.410 e. The molecular formula is C25H34FN5O5S. The third-order valence-electron chi connectivity index (χ3n) is 6.70. The van der Waals surface area contributed by atoms with Crippen LogP contribution in [0.2, 0.25) is 0 Å². The summed E-state index contributed by atoms with van der Waals surface area (Å²) in [7, 11) is -3.73. The van der Waals surface area contributed by atoms with Crippen molar-refractivity contribution in [3.63, 3.8) is 0 Å². The van der Waals surface area contributed by atoms with Gasteiger partial charge in [0.2, 0.25) is 10.0 Å². The molecule has 12 heteroatoms. The summed E-state index contributed by atoms with van der Waals surface area (Å²) in [6.07, 6.45) is 4.13. The minimum Gasteiger partial charge on any atom is -0.452 e. The van der Waals surface area contributed by atoms with E-state index >= 15 is 0 Å². The number of nitrogens with one attached hydrogen (secondary N) is 2. The van der Waals surface area contributed by atoms with Gasteiger partial charge in [0.25, 0.3) is 0 Å². The van der Waals surface area contributed by atoms with E-state index in [9.17, 15) is 17.6 Å². The standard InChI is InChI=1S/C25H34FN5O5S/c1-16(2)37(33,34)30-18-12-17(26)6-7-19(18)35-20-13-27-15-29-21(20)22-25(14-28-22)8-10-31(11-9-25)23(32)36-24(3,4)5/h6-7,12-13,15-16,22,28,30H,8-11,14H2,1-5H3. The van der Waals surface area contributed by atoms with Crippen LogP contribution in [0.4, 0.5) is 14.9 Å². The Balaban J connectivity index is 1.54. The van der Waals surface area contributed by atoms with E-state index in [-0.39, 0.29) is 29.0 Å². The lowest BCUT2D eigenvalue weighted by molar-refractivity contribution is -0.0195. The van der Waals surface area contributed by atoms with E-state index < -0.39 is 26.7 Å². The number of nitrogens with zero attached hydrogens (tertiary/aromatic N) is 3. The number of halogens is 1. The largest absolute Gasteiger partial charge is 0.452 e. The number of hydrogen-bond donors (Lipinski definition) is 2. The van der Waals surface area contributed by atoms with E-state index in [1.165, 1.54) is 38.5 Å². The third kappa shape index (κ3) is 5.96. The molecular weight excluding hydrogens is 501 g/mol. The summed E-state index contributed by atoms with van der Waals surface area (Å²) in [5, 5.41) is 2.71. The molecule has 2 aliphatic heterocycles. The SMILES string of the molecule is CC(C)S(=O)(=O)Nc1cc(F)ccc1Oc1cncnc1C1NCC12CCN(C(=O)OC(C)(C)C)CC2. The zero-order valence-corrected chi connectivity index (χ0v) is 22.6. The van der Waals surface area contributed by atoms with E-state index in [1.807, 2.05) is 20.8 Å². The molecule has 37 heavy (non-hydrogen) atoms. The quantitative estimate of drug-likeness (QED) is 0.564. The molecule has 2 fully saturated rings. The summed E-state index contributed by atoms with van der Waals surface area (Å²) in [4.78, 5) is 22.8. The minimum absolute atomic E-state index is 0.00884. The van der Waals surface area contributed by atoms with Crippen LogP contribution in [-0.4, -0.2) is 59.9 Å². The normalized spacial score (nSPS) is 19.4. The Morgan fingerprint density at radius 3 is 2.54 bits per heavy atom. The molecule has 1 aromatic heterocycles. The number of amides is 1. The molecule has 1 aromatic carbocycles. The number of hydrogen-bond acceptors (Lipinski definition) is 8. The molecule has 10 nitrogen and oxygen atoms in total. The zero-order valence-electron chi connectivity index (χ0n) is 21.7. The molecule has 0 bridgehead atoms. The van der Waals surface area contributed by atoms with Crippen LogP contribution in [0.25, 0.3) is 0 Å². The van der Waals surface area contributed by atoms with Crippen LogP contribution in [0.15, 0.2) is 30.7 Å². The van der Waals surface area contributed by atoms with Gasteiger partial charge in [0.15, 0.2) is 11.5 Å². The van der Waals surface area contributed by atoms with Gasteiger partial charge in [-0.15, -0.1) is 0 Å². The highest BCUT2D eigenvalue weighted by Crippen LogP contribution is 2.50. The van der Waals surface area contributed by atoms with Crippen molar-refractivity contribution in [1.82, 2.24) is 20.2 Å². The second-order valence-corrected chi connectivity index (χ2v) is 13.1. The fourth-order valence-electron chi connectivity index (χ4n) is 4.49. The first-order chi connectivity index (χ1) is 17.3. The van der Waals surface area contributed by atoms with Gasteiger partial charge in [0.1, 0.15) is 23.4 Å². The molecule has 0 radical (unpaired) electrons. The van der Waals surface area contributed by atoms with Crippen molar-refractivity contribution in [3.05, 3.63) is 42.2 Å². The molecule has 3 heterocycles. The first-order valence-electron chi connectivity index (χ1n) is 12.3. The van der Waals surface area contributed by atoms with Gasteiger partial charge in [0, 0.05) is 31.1 Å². The van der Waals surface area contributed by atoms with Crippen LogP contribution in [0.3, 0.4) is 0 Å². The topological polar surface area (TPSA) is 123 Å². The lowest BCUT2D eigenvalue weighted by atomic mass is 9.65. The van der Waals surface area contributed by atoms with Crippen LogP contribution >= 0.6 is 0 Å². The summed E-state index contributed by atoms with van der Waals surface area (Å²) in [5.41, 5.74) is -0.0716. The number of likely N-dealkylation sites (tertiary alicyclic amines) is 1. The average Bonchev–Trinajstić information content (AvgIpc) is 2.80. The number of rotatable bonds is 6. The number of benzene rings is 1. The lowest BCUT2D eigenvalue weighted by Crippen LogP contribution is -2.61. The van der Waals surface area contributed by atoms with Crippen LogP contribution < -0.4 is 14.8 Å². The fraction of sp³-hybridized carbons (Fsp3) is 0.560. The first-order valence-corrected chi connectivity index (χ1v) is 13.8. The second-order valence-electron chi connectivity index (χ2n) is 10.9. The summed E-state index contributed by atoms with van der Waals surface area (Å²) >= 11 is 0. The van der Waals surface area contributed by atoms with Gasteiger partial charge in [-0.1, -0.05) is 0 Å². The highest BCUT2D eigenvalue weighted by atomic mass is 32.2. The van der Waals surface area contributed by atoms with Crippen molar-refractivity contribution >= 4 is 21.8 Å². The van der Waals surface area contributed by atoms with Gasteiger partial charge in [-0.3, -0.25) is 4.72 Å². The van der Waals surface area contributed by atoms with Gasteiger partial charge >= 0.3 is 6.09 Å². The van der Waals surface area contributed by atoms with Crippen LogP contribution in [0.1, 0.15) is 59.2 Å². The first kappa shape index (κ1) is 27.1. The maximum Gasteiger partial charge on any atom is 0.410 e. The van der Waals surface area contributed by atoms with E-state index in [2.05, 4.69) is 20.0 Å². The van der Waals surface area contributed by atoms with Crippen LogP contribution in [0.5, 0.6) is 11.5 Å². The number of carbonyl (C=O) groups excluding carboxylic acids is 1. The molecule has 4 rings (SSSR count). The second kappa shape index (κ2) is 10.1. The Morgan fingerprint density at radius 1 is 1.24 bits per heavy atom. The monoisotopic (exact) mass is 535 g/mol. The van der Waals surface area contributed by atoms with E-state index in [4.69, 9.17) is 9.47 Å². The fourth-order valence-corrected chi connectivity index (χ4v) is 5.19. The van der Waals surface area contributed by atoms with Gasteiger partial charge in [0.05, 0.1) is 23.2 Å². The van der Waals surface area contributed by atoms with Gasteiger partial charge < -0.3 is 19.7 Å². The zero-order chi connectivity index (χ0) is 27.0. The highest BCUT2D eigenvalue weighted by molar-refractivity contribution is 7.93. The molecule has 1 spiro atoms. The molecule has 2 aliphatic rings. The van der Waals surface area contributed by atoms with Gasteiger partial charge in [-0.25, -0.2) is 27.6 Å². The number of ether oxygens (including phenoxy) is 2. The third-order valence-corrected chi connectivity index (χ3v) is 8.44. The Bertz CT molecular complexity index is 1260. The predicted octanol–water partition coefficient (Wildman–Crippen LogP) is 4.22. The van der Waals surface area contributed by atoms with E-state index in [1.54, 1.807) is 4.90 Å². The van der Waals surface area contributed by atoms with Crippen molar-refractivity contribution in [3.8, 4) is 11.5 Å². The molecule has 1 amide bonds. The Labute approximate surface area is 217 Å². The summed E-state index contributed by atoms with van der Waals surface area (Å²) < 4.78 is 52.9. The minimum atomic E-state index is -3.73. The molecule has 202 valence electrons. The summed E-state index contributed by atoms with van der Waals surface area (Å²) in [6, 6.07) is 3.49. The van der Waals surface area contributed by atoms with Crippen molar-refractivity contribution in [2.24, 2.45) is 5.41 Å². The average molecular weight is 536 g/mol.